The van der Waals surface area contributed by atoms with E-state index in [1.165, 1.54) is 11.3 Å². The van der Waals surface area contributed by atoms with Crippen molar-refractivity contribution in [1.29, 1.82) is 0 Å². The number of nitrogen functional groups attached to an aromatic ring is 1. The second kappa shape index (κ2) is 7.74. The Morgan fingerprint density at radius 2 is 2.00 bits per heavy atom. The smallest absolute Gasteiger partial charge is 0.259 e. The molecular formula is C17H13Cl2N3O2S. The van der Waals surface area contributed by atoms with E-state index in [0.717, 1.165) is 0 Å². The molecule has 2 aromatic carbocycles. The van der Waals surface area contributed by atoms with Crippen LogP contribution in [0.5, 0.6) is 5.75 Å². The third-order valence-corrected chi connectivity index (χ3v) is 4.82. The van der Waals surface area contributed by atoms with Gasteiger partial charge in [-0.25, -0.2) is 4.98 Å². The lowest BCUT2D eigenvalue weighted by Gasteiger charge is -2.12. The number of thiazole rings is 1. The predicted molar refractivity (Wildman–Crippen MR) is 102 cm³/mol. The number of amides is 1. The molecule has 128 valence electrons. The van der Waals surface area contributed by atoms with E-state index >= 15 is 0 Å². The first kappa shape index (κ1) is 17.5. The molecule has 3 aromatic rings. The average Bonchev–Trinajstić information content (AvgIpc) is 3.03. The molecule has 5 nitrogen and oxygen atoms in total. The van der Waals surface area contributed by atoms with Gasteiger partial charge < -0.3 is 15.8 Å². The highest BCUT2D eigenvalue weighted by Gasteiger charge is 2.15. The molecule has 25 heavy (non-hydrogen) atoms. The molecule has 0 bridgehead atoms. The van der Waals surface area contributed by atoms with E-state index in [0.29, 0.717) is 32.8 Å². The number of aromatic nitrogens is 1. The van der Waals surface area contributed by atoms with Gasteiger partial charge in [0.2, 0.25) is 0 Å². The maximum atomic E-state index is 12.6. The quantitative estimate of drug-likeness (QED) is 0.648. The van der Waals surface area contributed by atoms with Gasteiger partial charge in [-0.1, -0.05) is 41.4 Å². The lowest BCUT2D eigenvalue weighted by Crippen LogP contribution is -2.14. The molecule has 3 N–H and O–H groups in total. The summed E-state index contributed by atoms with van der Waals surface area (Å²) in [5, 5.41) is 5.67. The van der Waals surface area contributed by atoms with Crippen molar-refractivity contribution in [3.05, 3.63) is 69.1 Å². The number of rotatable bonds is 5. The average molecular weight is 394 g/mol. The van der Waals surface area contributed by atoms with Crippen LogP contribution in [-0.2, 0) is 6.61 Å². The number of carbonyl (C=O) groups excluding carboxylic acids is 1. The van der Waals surface area contributed by atoms with Gasteiger partial charge in [-0.3, -0.25) is 4.79 Å². The Morgan fingerprint density at radius 3 is 2.76 bits per heavy atom. The SMILES string of the molecule is Nc1nc(COc2ccccc2C(=O)Nc2cccc(Cl)c2Cl)cs1. The number of hydrogen-bond acceptors (Lipinski definition) is 5. The third kappa shape index (κ3) is 4.22. The number of nitrogens with one attached hydrogen (secondary N) is 1. The van der Waals surface area contributed by atoms with Crippen molar-refractivity contribution in [3.63, 3.8) is 0 Å². The molecule has 0 saturated heterocycles. The zero-order valence-electron chi connectivity index (χ0n) is 12.8. The minimum atomic E-state index is -0.349. The summed E-state index contributed by atoms with van der Waals surface area (Å²) in [6.45, 7) is 0.218. The summed E-state index contributed by atoms with van der Waals surface area (Å²) in [6.07, 6.45) is 0. The molecule has 1 aromatic heterocycles. The maximum absolute atomic E-state index is 12.6. The van der Waals surface area contributed by atoms with E-state index in [2.05, 4.69) is 10.3 Å². The molecule has 0 aliphatic carbocycles. The topological polar surface area (TPSA) is 77.2 Å². The van der Waals surface area contributed by atoms with Crippen LogP contribution in [0.4, 0.5) is 10.8 Å². The van der Waals surface area contributed by atoms with Crippen molar-refractivity contribution in [2.24, 2.45) is 0 Å². The zero-order chi connectivity index (χ0) is 17.8. The van der Waals surface area contributed by atoms with Gasteiger partial charge in [0.1, 0.15) is 12.4 Å². The number of halogens is 2. The highest BCUT2D eigenvalue weighted by atomic mass is 35.5. The van der Waals surface area contributed by atoms with E-state index in [9.17, 15) is 4.79 Å². The van der Waals surface area contributed by atoms with Crippen LogP contribution in [-0.4, -0.2) is 10.9 Å². The fourth-order valence-electron chi connectivity index (χ4n) is 2.11. The summed E-state index contributed by atoms with van der Waals surface area (Å²) >= 11 is 13.4. The van der Waals surface area contributed by atoms with Crippen molar-refractivity contribution < 1.29 is 9.53 Å². The molecule has 1 heterocycles. The molecule has 0 spiro atoms. The number of ether oxygens (including phenoxy) is 1. The number of anilines is 2. The largest absolute Gasteiger partial charge is 0.486 e. The van der Waals surface area contributed by atoms with Crippen molar-refractivity contribution in [1.82, 2.24) is 4.98 Å². The first-order valence-corrected chi connectivity index (χ1v) is 8.85. The van der Waals surface area contributed by atoms with Crippen LogP contribution in [0.3, 0.4) is 0 Å². The van der Waals surface area contributed by atoms with Crippen molar-refractivity contribution in [3.8, 4) is 5.75 Å². The zero-order valence-corrected chi connectivity index (χ0v) is 15.2. The van der Waals surface area contributed by atoms with Crippen LogP contribution in [0, 0.1) is 0 Å². The molecule has 0 fully saturated rings. The molecule has 1 amide bonds. The summed E-state index contributed by atoms with van der Waals surface area (Å²) < 4.78 is 5.72. The lowest BCUT2D eigenvalue weighted by atomic mass is 10.2. The van der Waals surface area contributed by atoms with Crippen LogP contribution in [0.25, 0.3) is 0 Å². The van der Waals surface area contributed by atoms with Crippen molar-refractivity contribution in [2.45, 2.75) is 6.61 Å². The van der Waals surface area contributed by atoms with Gasteiger partial charge in [0, 0.05) is 5.38 Å². The van der Waals surface area contributed by atoms with Crippen molar-refractivity contribution >= 4 is 51.3 Å². The third-order valence-electron chi connectivity index (χ3n) is 3.28. The van der Waals surface area contributed by atoms with Gasteiger partial charge >= 0.3 is 0 Å². The van der Waals surface area contributed by atoms with E-state index in [-0.39, 0.29) is 17.5 Å². The Hall–Kier alpha value is -2.28. The Kier molecular flexibility index (Phi) is 5.43. The van der Waals surface area contributed by atoms with E-state index in [4.69, 9.17) is 33.7 Å². The second-order valence-corrected chi connectivity index (χ2v) is 6.69. The van der Waals surface area contributed by atoms with Crippen molar-refractivity contribution in [2.75, 3.05) is 11.1 Å². The van der Waals surface area contributed by atoms with Crippen LogP contribution >= 0.6 is 34.5 Å². The van der Waals surface area contributed by atoms with Gasteiger partial charge in [-0.15, -0.1) is 11.3 Å². The summed E-state index contributed by atoms with van der Waals surface area (Å²) in [5.41, 5.74) is 7.11. The van der Waals surface area contributed by atoms with E-state index in [1.54, 1.807) is 42.5 Å². The molecule has 0 radical (unpaired) electrons. The van der Waals surface area contributed by atoms with Crippen LogP contribution in [0.2, 0.25) is 10.0 Å². The van der Waals surface area contributed by atoms with Gasteiger partial charge in [0.25, 0.3) is 5.91 Å². The molecule has 0 atom stereocenters. The number of nitrogens with two attached hydrogens (primary N) is 1. The van der Waals surface area contributed by atoms with Gasteiger partial charge in [0.15, 0.2) is 5.13 Å². The second-order valence-electron chi connectivity index (χ2n) is 5.02. The number of nitrogens with zero attached hydrogens (tertiary/aromatic N) is 1. The molecule has 0 saturated carbocycles. The summed E-state index contributed by atoms with van der Waals surface area (Å²) in [6, 6.07) is 11.9. The summed E-state index contributed by atoms with van der Waals surface area (Å²) in [7, 11) is 0. The normalized spacial score (nSPS) is 10.5. The summed E-state index contributed by atoms with van der Waals surface area (Å²) in [4.78, 5) is 16.7. The molecule has 0 aliphatic heterocycles. The van der Waals surface area contributed by atoms with Gasteiger partial charge in [-0.2, -0.15) is 0 Å². The first-order chi connectivity index (χ1) is 12.0. The summed E-state index contributed by atoms with van der Waals surface area (Å²) in [5.74, 6) is 0.0854. The van der Waals surface area contributed by atoms with Crippen LogP contribution in [0.15, 0.2) is 47.8 Å². The monoisotopic (exact) mass is 393 g/mol. The highest BCUT2D eigenvalue weighted by Crippen LogP contribution is 2.30. The predicted octanol–water partition coefficient (Wildman–Crippen LogP) is 4.86. The molecule has 8 heteroatoms. The Bertz CT molecular complexity index is 914. The number of hydrogen-bond donors (Lipinski definition) is 2. The number of benzene rings is 2. The molecule has 0 unspecified atom stereocenters. The maximum Gasteiger partial charge on any atom is 0.259 e. The van der Waals surface area contributed by atoms with E-state index < -0.39 is 0 Å². The van der Waals surface area contributed by atoms with Crippen LogP contribution in [0.1, 0.15) is 16.1 Å². The Balaban J connectivity index is 1.77. The molecule has 3 rings (SSSR count). The Labute approximate surface area is 158 Å². The molecular weight excluding hydrogens is 381 g/mol. The fraction of sp³-hybridized carbons (Fsp3) is 0.0588. The van der Waals surface area contributed by atoms with Gasteiger partial charge in [-0.05, 0) is 24.3 Å². The molecule has 0 aliphatic rings. The highest BCUT2D eigenvalue weighted by molar-refractivity contribution is 7.13. The fourth-order valence-corrected chi connectivity index (χ4v) is 3.01. The standard InChI is InChI=1S/C17H13Cl2N3O2S/c18-12-5-3-6-13(15(12)19)22-16(23)11-4-1-2-7-14(11)24-8-10-9-25-17(20)21-10/h1-7,9H,8H2,(H2,20,21)(H,22,23). The minimum absolute atomic E-state index is 0.218. The number of carbonyl (C=O) groups is 1. The van der Waals surface area contributed by atoms with Gasteiger partial charge in [0.05, 0.1) is 27.0 Å². The Morgan fingerprint density at radius 1 is 1.20 bits per heavy atom. The first-order valence-electron chi connectivity index (χ1n) is 7.21. The lowest BCUT2D eigenvalue weighted by molar-refractivity contribution is 0.102. The van der Waals surface area contributed by atoms with Crippen LogP contribution < -0.4 is 15.8 Å². The minimum Gasteiger partial charge on any atom is -0.486 e. The van der Waals surface area contributed by atoms with E-state index in [1.807, 2.05) is 5.38 Å². The number of para-hydroxylation sites is 1.